The zero-order valence-electron chi connectivity index (χ0n) is 16.4. The Hall–Kier alpha value is -3.19. The molecule has 0 aliphatic rings. The van der Waals surface area contributed by atoms with Crippen molar-refractivity contribution in [1.29, 1.82) is 0 Å². The Bertz CT molecular complexity index is 1110. The maximum absolute atomic E-state index is 13.1. The zero-order chi connectivity index (χ0) is 20.2. The molecule has 0 radical (unpaired) electrons. The van der Waals surface area contributed by atoms with Crippen LogP contribution in [-0.2, 0) is 6.54 Å². The van der Waals surface area contributed by atoms with Gasteiger partial charge in [-0.3, -0.25) is 4.79 Å². The molecular weight excluding hydrogens is 384 g/mol. The van der Waals surface area contributed by atoms with Crippen LogP contribution in [0.4, 0.5) is 0 Å². The molecule has 1 aromatic carbocycles. The van der Waals surface area contributed by atoms with Gasteiger partial charge in [-0.2, -0.15) is 5.10 Å². The number of para-hydroxylation sites is 1. The van der Waals surface area contributed by atoms with Crippen molar-refractivity contribution in [2.24, 2.45) is 0 Å². The van der Waals surface area contributed by atoms with Gasteiger partial charge in [-0.25, -0.2) is 9.67 Å². The maximum atomic E-state index is 13.1. The summed E-state index contributed by atoms with van der Waals surface area (Å²) in [5.74, 6) is 0.734. The van der Waals surface area contributed by atoms with Crippen LogP contribution in [0, 0.1) is 6.92 Å². The molecule has 148 valence electrons. The third-order valence-corrected chi connectivity index (χ3v) is 5.50. The number of aryl methyl sites for hydroxylation is 1. The van der Waals surface area contributed by atoms with E-state index in [4.69, 9.17) is 4.74 Å². The molecule has 0 bridgehead atoms. The summed E-state index contributed by atoms with van der Waals surface area (Å²) < 4.78 is 7.57. The average molecular weight is 407 g/mol. The van der Waals surface area contributed by atoms with Gasteiger partial charge in [0.15, 0.2) is 5.65 Å². The Labute approximate surface area is 173 Å². The van der Waals surface area contributed by atoms with E-state index in [9.17, 15) is 4.79 Å². The molecule has 0 saturated carbocycles. The molecule has 0 atom stereocenters. The summed E-state index contributed by atoms with van der Waals surface area (Å²) in [6.07, 6.45) is 1.73. The third kappa shape index (κ3) is 4.30. The largest absolute Gasteiger partial charge is 0.492 e. The number of nitrogens with zero attached hydrogens (tertiary/aromatic N) is 4. The van der Waals surface area contributed by atoms with Crippen LogP contribution in [0.3, 0.4) is 0 Å². The predicted molar refractivity (Wildman–Crippen MR) is 115 cm³/mol. The molecule has 0 saturated heterocycles. The van der Waals surface area contributed by atoms with Crippen molar-refractivity contribution in [3.05, 3.63) is 76.2 Å². The molecule has 6 nitrogen and oxygen atoms in total. The number of aromatic nitrogens is 3. The van der Waals surface area contributed by atoms with Crippen LogP contribution in [-0.4, -0.2) is 45.8 Å². The lowest BCUT2D eigenvalue weighted by Gasteiger charge is -2.18. The topological polar surface area (TPSA) is 60.3 Å². The minimum atomic E-state index is -0.0622. The van der Waals surface area contributed by atoms with E-state index < -0.39 is 0 Å². The van der Waals surface area contributed by atoms with Gasteiger partial charge in [0, 0.05) is 17.6 Å². The van der Waals surface area contributed by atoms with E-state index in [0.29, 0.717) is 25.3 Å². The van der Waals surface area contributed by atoms with Gasteiger partial charge in [-0.1, -0.05) is 24.3 Å². The molecule has 0 N–H and O–H groups in total. The van der Waals surface area contributed by atoms with Crippen molar-refractivity contribution in [1.82, 2.24) is 19.7 Å². The van der Waals surface area contributed by atoms with Gasteiger partial charge in [0.2, 0.25) is 0 Å². The first-order valence-corrected chi connectivity index (χ1v) is 10.3. The minimum absolute atomic E-state index is 0.0622. The van der Waals surface area contributed by atoms with Gasteiger partial charge in [-0.15, -0.1) is 11.3 Å². The first-order chi connectivity index (χ1) is 14.1. The van der Waals surface area contributed by atoms with Gasteiger partial charge < -0.3 is 9.64 Å². The second kappa shape index (κ2) is 8.45. The molecule has 0 spiro atoms. The predicted octanol–water partition coefficient (Wildman–Crippen LogP) is 4.00. The minimum Gasteiger partial charge on any atom is -0.492 e. The summed E-state index contributed by atoms with van der Waals surface area (Å²) >= 11 is 1.68. The lowest BCUT2D eigenvalue weighted by atomic mass is 10.1. The van der Waals surface area contributed by atoms with Crippen LogP contribution in [0.2, 0.25) is 0 Å². The zero-order valence-corrected chi connectivity index (χ0v) is 17.2. The lowest BCUT2D eigenvalue weighted by molar-refractivity contribution is 0.0775. The van der Waals surface area contributed by atoms with Crippen molar-refractivity contribution in [2.75, 3.05) is 20.2 Å². The number of amides is 1. The third-order valence-electron chi connectivity index (χ3n) is 4.64. The highest BCUT2D eigenvalue weighted by Crippen LogP contribution is 2.21. The normalized spacial score (nSPS) is 11.0. The lowest BCUT2D eigenvalue weighted by Crippen LogP contribution is -2.31. The van der Waals surface area contributed by atoms with Crippen LogP contribution in [0.25, 0.3) is 11.0 Å². The molecule has 3 heterocycles. The summed E-state index contributed by atoms with van der Waals surface area (Å²) in [6.45, 7) is 3.46. The van der Waals surface area contributed by atoms with Crippen molar-refractivity contribution in [2.45, 2.75) is 13.5 Å². The molecule has 3 aromatic heterocycles. The Kier molecular flexibility index (Phi) is 5.57. The van der Waals surface area contributed by atoms with E-state index in [1.165, 1.54) is 4.88 Å². The Morgan fingerprint density at radius 1 is 1.21 bits per heavy atom. The van der Waals surface area contributed by atoms with Crippen LogP contribution in [0.1, 0.15) is 20.9 Å². The Morgan fingerprint density at radius 3 is 2.79 bits per heavy atom. The quantitative estimate of drug-likeness (QED) is 0.465. The van der Waals surface area contributed by atoms with Crippen molar-refractivity contribution in [3.63, 3.8) is 0 Å². The molecule has 29 heavy (non-hydrogen) atoms. The number of carbonyl (C=O) groups is 1. The molecule has 0 fully saturated rings. The summed E-state index contributed by atoms with van der Waals surface area (Å²) in [5.41, 5.74) is 2.14. The highest BCUT2D eigenvalue weighted by molar-refractivity contribution is 7.09. The number of ether oxygens (including phenoxy) is 1. The second-order valence-electron chi connectivity index (χ2n) is 6.82. The molecule has 0 aliphatic carbocycles. The Morgan fingerprint density at radius 2 is 2.03 bits per heavy atom. The van der Waals surface area contributed by atoms with Crippen molar-refractivity contribution >= 4 is 28.3 Å². The monoisotopic (exact) mass is 406 g/mol. The van der Waals surface area contributed by atoms with E-state index >= 15 is 0 Å². The van der Waals surface area contributed by atoms with Crippen LogP contribution in [0.5, 0.6) is 5.75 Å². The van der Waals surface area contributed by atoms with Crippen LogP contribution in [0.15, 0.2) is 60.1 Å². The highest BCUT2D eigenvalue weighted by atomic mass is 32.1. The molecule has 4 aromatic rings. The van der Waals surface area contributed by atoms with Gasteiger partial charge >= 0.3 is 0 Å². The first-order valence-electron chi connectivity index (χ1n) is 9.40. The summed E-state index contributed by atoms with van der Waals surface area (Å²) in [5, 5.41) is 7.29. The molecule has 7 heteroatoms. The fourth-order valence-electron chi connectivity index (χ4n) is 3.14. The van der Waals surface area contributed by atoms with Gasteiger partial charge in [0.1, 0.15) is 12.4 Å². The number of likely N-dealkylation sites (N-methyl/N-ethyl adjacent to an activating group) is 1. The van der Waals surface area contributed by atoms with Crippen LogP contribution >= 0.6 is 11.3 Å². The fourth-order valence-corrected chi connectivity index (χ4v) is 3.83. The summed E-state index contributed by atoms with van der Waals surface area (Å²) in [7, 11) is 1.79. The van der Waals surface area contributed by atoms with Crippen molar-refractivity contribution in [3.8, 4) is 5.75 Å². The SMILES string of the molecule is Cc1cc(C(=O)N(C)CCOc2ccccc2)c2cnn(Cc3cccs3)c2n1. The average Bonchev–Trinajstić information content (AvgIpc) is 3.38. The summed E-state index contributed by atoms with van der Waals surface area (Å²) in [4.78, 5) is 20.6. The molecule has 1 amide bonds. The summed E-state index contributed by atoms with van der Waals surface area (Å²) in [6, 6.07) is 15.5. The first kappa shape index (κ1) is 19.1. The van der Waals surface area contributed by atoms with Gasteiger partial charge in [-0.05, 0) is 36.6 Å². The van der Waals surface area contributed by atoms with E-state index in [-0.39, 0.29) is 5.91 Å². The van der Waals surface area contributed by atoms with E-state index in [2.05, 4.69) is 16.1 Å². The molecule has 0 aliphatic heterocycles. The highest BCUT2D eigenvalue weighted by Gasteiger charge is 2.19. The van der Waals surface area contributed by atoms with Gasteiger partial charge in [0.25, 0.3) is 5.91 Å². The standard InChI is InChI=1S/C22H22N4O2S/c1-16-13-19(22(27)25(2)10-11-28-17-7-4-3-5-8-17)20-14-23-26(21(20)24-16)15-18-9-6-12-29-18/h3-9,12-14H,10-11,15H2,1-2H3. The fraction of sp³-hybridized carbons (Fsp3) is 0.227. The van der Waals surface area contributed by atoms with Crippen molar-refractivity contribution < 1.29 is 9.53 Å². The van der Waals surface area contributed by atoms with Gasteiger partial charge in [0.05, 0.1) is 30.2 Å². The van der Waals surface area contributed by atoms with E-state index in [0.717, 1.165) is 22.5 Å². The number of thiophene rings is 1. The molecule has 4 rings (SSSR count). The number of rotatable bonds is 7. The van der Waals surface area contributed by atoms with Crippen LogP contribution < -0.4 is 4.74 Å². The molecule has 0 unspecified atom stereocenters. The molecular formula is C22H22N4O2S. The van der Waals surface area contributed by atoms with E-state index in [1.807, 2.05) is 59.5 Å². The number of pyridine rings is 1. The number of benzene rings is 1. The second-order valence-corrected chi connectivity index (χ2v) is 7.85. The maximum Gasteiger partial charge on any atom is 0.254 e. The number of fused-ring (bicyclic) bond motifs is 1. The Balaban J connectivity index is 1.51. The number of carbonyl (C=O) groups excluding carboxylic acids is 1. The number of hydrogen-bond donors (Lipinski definition) is 0. The number of hydrogen-bond acceptors (Lipinski definition) is 5. The van der Waals surface area contributed by atoms with E-state index in [1.54, 1.807) is 29.5 Å². The smallest absolute Gasteiger partial charge is 0.254 e.